The minimum absolute atomic E-state index is 0.0790. The van der Waals surface area contributed by atoms with Gasteiger partial charge in [-0.2, -0.15) is 0 Å². The minimum Gasteiger partial charge on any atom is -0.394 e. The first-order valence-electron chi connectivity index (χ1n) is 8.30. The zero-order valence-electron chi connectivity index (χ0n) is 14.0. The standard InChI is InChI=1S/C20H21Cl2NOS/c1-20(7-8-25-19(23)12-20)14-4-2-3-13(9-14)10-18(24)16-6-5-15(21)11-17(16)22/h2-6,9,11-12,16-17H,7-8,10,23H2,1H3/t16?,17?,20-/m1/s1. The topological polar surface area (TPSA) is 43.1 Å². The molecule has 2 unspecified atom stereocenters. The number of rotatable bonds is 4. The largest absolute Gasteiger partial charge is 0.394 e. The number of carbonyl (C=O) groups excluding carboxylic acids is 1. The Balaban J connectivity index is 1.77. The van der Waals surface area contributed by atoms with Crippen LogP contribution in [0.2, 0.25) is 0 Å². The molecule has 1 aliphatic carbocycles. The Morgan fingerprint density at radius 2 is 2.24 bits per heavy atom. The van der Waals surface area contributed by atoms with Crippen molar-refractivity contribution in [1.29, 1.82) is 0 Å². The van der Waals surface area contributed by atoms with Crippen LogP contribution in [0.3, 0.4) is 0 Å². The van der Waals surface area contributed by atoms with Gasteiger partial charge in [-0.1, -0.05) is 48.9 Å². The van der Waals surface area contributed by atoms with Crippen molar-refractivity contribution in [3.8, 4) is 0 Å². The first-order chi connectivity index (χ1) is 11.9. The molecular formula is C20H21Cl2NOS. The maximum Gasteiger partial charge on any atom is 0.145 e. The number of halogens is 2. The van der Waals surface area contributed by atoms with E-state index in [4.69, 9.17) is 28.9 Å². The van der Waals surface area contributed by atoms with E-state index in [0.717, 1.165) is 22.8 Å². The van der Waals surface area contributed by atoms with Crippen LogP contribution in [0.15, 0.2) is 58.6 Å². The molecule has 0 amide bonds. The lowest BCUT2D eigenvalue weighted by molar-refractivity contribution is -0.120. The van der Waals surface area contributed by atoms with Crippen LogP contribution < -0.4 is 5.73 Å². The number of nitrogens with two attached hydrogens (primary N) is 1. The lowest BCUT2D eigenvalue weighted by atomic mass is 9.79. The van der Waals surface area contributed by atoms with Crippen LogP contribution in [-0.2, 0) is 16.6 Å². The van der Waals surface area contributed by atoms with Gasteiger partial charge < -0.3 is 5.73 Å². The number of hydrogen-bond acceptors (Lipinski definition) is 3. The van der Waals surface area contributed by atoms with E-state index in [2.05, 4.69) is 25.1 Å². The van der Waals surface area contributed by atoms with Crippen LogP contribution in [-0.4, -0.2) is 16.9 Å². The summed E-state index contributed by atoms with van der Waals surface area (Å²) in [4.78, 5) is 12.7. The zero-order chi connectivity index (χ0) is 18.0. The number of thioether (sulfide) groups is 1. The van der Waals surface area contributed by atoms with Crippen LogP contribution >= 0.6 is 35.0 Å². The Hall–Kier alpha value is -1.16. The summed E-state index contributed by atoms with van der Waals surface area (Å²) in [6.07, 6.45) is 8.79. The van der Waals surface area contributed by atoms with E-state index < -0.39 is 0 Å². The number of allylic oxidation sites excluding steroid dienone is 5. The molecule has 0 saturated carbocycles. The van der Waals surface area contributed by atoms with Gasteiger partial charge >= 0.3 is 0 Å². The molecule has 2 aliphatic rings. The Morgan fingerprint density at radius 1 is 1.44 bits per heavy atom. The van der Waals surface area contributed by atoms with E-state index in [9.17, 15) is 4.79 Å². The summed E-state index contributed by atoms with van der Waals surface area (Å²) in [5, 5.41) is 1.07. The average Bonchev–Trinajstić information content (AvgIpc) is 2.54. The van der Waals surface area contributed by atoms with Gasteiger partial charge in [-0.3, -0.25) is 4.79 Å². The monoisotopic (exact) mass is 393 g/mol. The fourth-order valence-electron chi connectivity index (χ4n) is 3.29. The molecule has 132 valence electrons. The van der Waals surface area contributed by atoms with Crippen LogP contribution in [0.25, 0.3) is 0 Å². The SMILES string of the molecule is C[C@]1(c2cccc(CC(=O)C3C=CC(Cl)=CC3Cl)c2)C=C(N)SCC1. The quantitative estimate of drug-likeness (QED) is 0.738. The van der Waals surface area contributed by atoms with Gasteiger partial charge in [-0.15, -0.1) is 23.4 Å². The van der Waals surface area contributed by atoms with Crippen molar-refractivity contribution in [2.75, 3.05) is 5.75 Å². The van der Waals surface area contributed by atoms with Crippen molar-refractivity contribution in [1.82, 2.24) is 0 Å². The number of ketones is 1. The average molecular weight is 394 g/mol. The number of Topliss-reactive ketones (excluding diaryl/α,β-unsaturated/α-hetero) is 1. The molecule has 2 N–H and O–H groups in total. The first kappa shape index (κ1) is 18.6. The van der Waals surface area contributed by atoms with Gasteiger partial charge in [0.1, 0.15) is 5.78 Å². The van der Waals surface area contributed by atoms with Crippen molar-refractivity contribution in [2.24, 2.45) is 11.7 Å². The highest BCUT2D eigenvalue weighted by atomic mass is 35.5. The third-order valence-corrected chi connectivity index (χ3v) is 6.32. The fourth-order valence-corrected chi connectivity index (χ4v) is 5.03. The third kappa shape index (κ3) is 4.33. The summed E-state index contributed by atoms with van der Waals surface area (Å²) in [7, 11) is 0. The fraction of sp³-hybridized carbons (Fsp3) is 0.350. The van der Waals surface area contributed by atoms with Crippen molar-refractivity contribution < 1.29 is 4.79 Å². The molecule has 0 aromatic heterocycles. The summed E-state index contributed by atoms with van der Waals surface area (Å²) in [5.74, 6) is 0.786. The number of carbonyl (C=O) groups is 1. The van der Waals surface area contributed by atoms with Gasteiger partial charge in [0.15, 0.2) is 0 Å². The maximum atomic E-state index is 12.7. The molecule has 1 aromatic carbocycles. The molecule has 0 bridgehead atoms. The van der Waals surface area contributed by atoms with Gasteiger partial charge in [0.05, 0.1) is 16.3 Å². The molecule has 0 radical (unpaired) electrons. The van der Waals surface area contributed by atoms with Crippen LogP contribution in [0.4, 0.5) is 0 Å². The minimum atomic E-state index is -0.385. The molecule has 3 rings (SSSR count). The highest BCUT2D eigenvalue weighted by Crippen LogP contribution is 2.37. The predicted octanol–water partition coefficient (Wildman–Crippen LogP) is 4.91. The van der Waals surface area contributed by atoms with Gasteiger partial charge in [-0.25, -0.2) is 0 Å². The lowest BCUT2D eigenvalue weighted by Gasteiger charge is -2.31. The zero-order valence-corrected chi connectivity index (χ0v) is 16.4. The summed E-state index contributed by atoms with van der Waals surface area (Å²) < 4.78 is 0. The molecule has 1 heterocycles. The van der Waals surface area contributed by atoms with Crippen LogP contribution in [0.5, 0.6) is 0 Å². The second kappa shape index (κ2) is 7.61. The van der Waals surface area contributed by atoms with E-state index in [-0.39, 0.29) is 22.5 Å². The van der Waals surface area contributed by atoms with Crippen molar-refractivity contribution in [3.05, 3.63) is 69.8 Å². The molecule has 0 saturated heterocycles. The molecule has 3 atom stereocenters. The van der Waals surface area contributed by atoms with Gasteiger partial charge in [0.25, 0.3) is 0 Å². The molecule has 0 fully saturated rings. The van der Waals surface area contributed by atoms with Crippen LogP contribution in [0, 0.1) is 5.92 Å². The van der Waals surface area contributed by atoms with Gasteiger partial charge in [0, 0.05) is 22.6 Å². The molecule has 25 heavy (non-hydrogen) atoms. The predicted molar refractivity (Wildman–Crippen MR) is 108 cm³/mol. The third-order valence-electron chi connectivity index (χ3n) is 4.81. The highest BCUT2D eigenvalue weighted by Gasteiger charge is 2.29. The summed E-state index contributed by atoms with van der Waals surface area (Å²) in [6.45, 7) is 2.20. The van der Waals surface area contributed by atoms with E-state index >= 15 is 0 Å². The molecule has 5 heteroatoms. The Morgan fingerprint density at radius 3 is 2.96 bits per heavy atom. The number of benzene rings is 1. The van der Waals surface area contributed by atoms with E-state index in [1.165, 1.54) is 5.56 Å². The molecule has 2 nitrogen and oxygen atoms in total. The summed E-state index contributed by atoms with van der Waals surface area (Å²) >= 11 is 13.9. The lowest BCUT2D eigenvalue weighted by Crippen LogP contribution is -2.26. The Bertz CT molecular complexity index is 771. The molecule has 1 aromatic rings. The smallest absolute Gasteiger partial charge is 0.145 e. The highest BCUT2D eigenvalue weighted by molar-refractivity contribution is 8.03. The normalized spacial score (nSPS) is 29.1. The van der Waals surface area contributed by atoms with E-state index in [0.29, 0.717) is 11.5 Å². The van der Waals surface area contributed by atoms with Gasteiger partial charge in [0.2, 0.25) is 0 Å². The Labute approximate surface area is 163 Å². The second-order valence-electron chi connectivity index (χ2n) is 6.79. The maximum absolute atomic E-state index is 12.7. The van der Waals surface area contributed by atoms with Gasteiger partial charge in [-0.05, 0) is 35.8 Å². The van der Waals surface area contributed by atoms with Crippen molar-refractivity contribution >= 4 is 40.7 Å². The summed E-state index contributed by atoms with van der Waals surface area (Å²) in [6, 6.07) is 8.24. The summed E-state index contributed by atoms with van der Waals surface area (Å²) in [5.41, 5.74) is 8.15. The number of hydrogen-bond donors (Lipinski definition) is 1. The van der Waals surface area contributed by atoms with Crippen molar-refractivity contribution in [2.45, 2.75) is 30.6 Å². The van der Waals surface area contributed by atoms with E-state index in [1.54, 1.807) is 30.0 Å². The second-order valence-corrected chi connectivity index (χ2v) is 8.90. The molecular weight excluding hydrogens is 373 g/mol. The molecule has 0 spiro atoms. The Kier molecular flexibility index (Phi) is 5.67. The first-order valence-corrected chi connectivity index (χ1v) is 10.1. The van der Waals surface area contributed by atoms with Crippen molar-refractivity contribution in [3.63, 3.8) is 0 Å². The van der Waals surface area contributed by atoms with Crippen LogP contribution in [0.1, 0.15) is 24.5 Å². The molecule has 1 aliphatic heterocycles. The van der Waals surface area contributed by atoms with E-state index in [1.807, 2.05) is 12.1 Å². The number of alkyl halides is 1.